The smallest absolute Gasteiger partial charge is 0.261 e. The molecule has 0 saturated carbocycles. The van der Waals surface area contributed by atoms with Crippen molar-refractivity contribution in [3.05, 3.63) is 23.8 Å². The summed E-state index contributed by atoms with van der Waals surface area (Å²) in [6.07, 6.45) is -3.08. The van der Waals surface area contributed by atoms with E-state index < -0.39 is 19.1 Å². The summed E-state index contributed by atoms with van der Waals surface area (Å²) < 4.78 is 38.6. The van der Waals surface area contributed by atoms with Gasteiger partial charge in [-0.3, -0.25) is 0 Å². The van der Waals surface area contributed by atoms with E-state index in [1.165, 1.54) is 14.2 Å². The van der Waals surface area contributed by atoms with Gasteiger partial charge in [0.1, 0.15) is 18.1 Å². The van der Waals surface area contributed by atoms with Gasteiger partial charge in [-0.25, -0.2) is 8.78 Å². The van der Waals surface area contributed by atoms with Crippen LogP contribution in [0.1, 0.15) is 18.1 Å². The second kappa shape index (κ2) is 7.91. The zero-order chi connectivity index (χ0) is 14.3. The van der Waals surface area contributed by atoms with Gasteiger partial charge in [0, 0.05) is 19.1 Å². The summed E-state index contributed by atoms with van der Waals surface area (Å²) in [6, 6.07) is 5.02. The van der Waals surface area contributed by atoms with E-state index >= 15 is 0 Å². The predicted octanol–water partition coefficient (Wildman–Crippen LogP) is 2.41. The maximum atomic E-state index is 11.9. The van der Waals surface area contributed by atoms with Gasteiger partial charge in [0.05, 0.1) is 20.3 Å². The second-order valence-corrected chi connectivity index (χ2v) is 3.92. The number of hydrogen-bond donors (Lipinski definition) is 1. The third-order valence-corrected chi connectivity index (χ3v) is 2.54. The van der Waals surface area contributed by atoms with Crippen LogP contribution >= 0.6 is 0 Å². The summed E-state index contributed by atoms with van der Waals surface area (Å²) in [7, 11) is 3.02. The number of aliphatic hydroxyl groups is 1. The van der Waals surface area contributed by atoms with Gasteiger partial charge in [-0.15, -0.1) is 0 Å². The number of aliphatic hydroxyl groups excluding tert-OH is 1. The minimum absolute atomic E-state index is 0.0605. The Morgan fingerprint density at radius 1 is 1.11 bits per heavy atom. The molecule has 0 fully saturated rings. The number of methoxy groups -OCH3 is 2. The molecule has 0 heterocycles. The van der Waals surface area contributed by atoms with Gasteiger partial charge in [0.15, 0.2) is 0 Å². The highest BCUT2D eigenvalue weighted by molar-refractivity contribution is 5.39. The molecule has 1 N–H and O–H groups in total. The van der Waals surface area contributed by atoms with Crippen LogP contribution in [0.4, 0.5) is 8.78 Å². The highest BCUT2D eigenvalue weighted by Gasteiger charge is 2.11. The van der Waals surface area contributed by atoms with Crippen molar-refractivity contribution in [2.75, 3.05) is 27.4 Å². The van der Waals surface area contributed by atoms with Gasteiger partial charge in [-0.05, 0) is 17.7 Å². The SMILES string of the molecule is COc1cc(OC)cc(C(O)CCOCC(F)F)c1. The molecular weight excluding hydrogens is 258 g/mol. The summed E-state index contributed by atoms with van der Waals surface area (Å²) in [5, 5.41) is 9.95. The normalized spacial score (nSPS) is 12.5. The summed E-state index contributed by atoms with van der Waals surface area (Å²) in [5.74, 6) is 1.11. The molecule has 0 amide bonds. The Morgan fingerprint density at radius 2 is 1.68 bits per heavy atom. The van der Waals surface area contributed by atoms with Crippen LogP contribution in [-0.2, 0) is 4.74 Å². The number of hydrogen-bond acceptors (Lipinski definition) is 4. The van der Waals surface area contributed by atoms with Crippen molar-refractivity contribution >= 4 is 0 Å². The van der Waals surface area contributed by atoms with Crippen molar-refractivity contribution in [2.24, 2.45) is 0 Å². The van der Waals surface area contributed by atoms with E-state index in [9.17, 15) is 13.9 Å². The van der Waals surface area contributed by atoms with Crippen molar-refractivity contribution in [3.63, 3.8) is 0 Å². The maximum Gasteiger partial charge on any atom is 0.261 e. The van der Waals surface area contributed by atoms with Gasteiger partial charge in [-0.2, -0.15) is 0 Å². The van der Waals surface area contributed by atoms with Gasteiger partial charge in [0.25, 0.3) is 6.43 Å². The zero-order valence-electron chi connectivity index (χ0n) is 10.9. The molecule has 19 heavy (non-hydrogen) atoms. The standard InChI is InChI=1S/C13H18F2O4/c1-17-10-5-9(6-11(7-10)18-2)12(16)3-4-19-8-13(14)15/h5-7,12-13,16H,3-4,8H2,1-2H3. The number of halogens is 2. The molecule has 1 aromatic carbocycles. The Balaban J connectivity index is 2.57. The van der Waals surface area contributed by atoms with Crippen LogP contribution in [0.2, 0.25) is 0 Å². The second-order valence-electron chi connectivity index (χ2n) is 3.92. The molecule has 0 aliphatic carbocycles. The molecule has 1 rings (SSSR count). The lowest BCUT2D eigenvalue weighted by Crippen LogP contribution is -2.08. The molecule has 0 bridgehead atoms. The Bertz CT molecular complexity index is 363. The number of alkyl halides is 2. The van der Waals surface area contributed by atoms with Crippen LogP contribution in [-0.4, -0.2) is 39.0 Å². The number of ether oxygens (including phenoxy) is 3. The fraction of sp³-hybridized carbons (Fsp3) is 0.538. The molecule has 108 valence electrons. The van der Waals surface area contributed by atoms with Gasteiger partial charge < -0.3 is 19.3 Å². The number of benzene rings is 1. The number of rotatable bonds is 8. The molecule has 0 aliphatic heterocycles. The lowest BCUT2D eigenvalue weighted by Gasteiger charge is -2.14. The van der Waals surface area contributed by atoms with E-state index in [0.717, 1.165) is 0 Å². The van der Waals surface area contributed by atoms with Crippen LogP contribution in [0.25, 0.3) is 0 Å². The zero-order valence-corrected chi connectivity index (χ0v) is 10.9. The van der Waals surface area contributed by atoms with Crippen LogP contribution in [0.5, 0.6) is 11.5 Å². The Labute approximate surface area is 110 Å². The lowest BCUT2D eigenvalue weighted by molar-refractivity contribution is 0.00478. The minimum Gasteiger partial charge on any atom is -0.497 e. The lowest BCUT2D eigenvalue weighted by atomic mass is 10.1. The van der Waals surface area contributed by atoms with Crippen molar-refractivity contribution in [3.8, 4) is 11.5 Å². The first-order valence-electron chi connectivity index (χ1n) is 5.83. The summed E-state index contributed by atoms with van der Waals surface area (Å²) >= 11 is 0. The highest BCUT2D eigenvalue weighted by atomic mass is 19.3. The van der Waals surface area contributed by atoms with Crippen LogP contribution in [0, 0.1) is 0 Å². The van der Waals surface area contributed by atoms with Crippen molar-refractivity contribution < 1.29 is 28.1 Å². The van der Waals surface area contributed by atoms with Crippen LogP contribution < -0.4 is 9.47 Å². The third-order valence-electron chi connectivity index (χ3n) is 2.54. The fourth-order valence-electron chi connectivity index (χ4n) is 1.56. The van der Waals surface area contributed by atoms with Gasteiger partial charge >= 0.3 is 0 Å². The van der Waals surface area contributed by atoms with E-state index in [0.29, 0.717) is 17.1 Å². The molecule has 6 heteroatoms. The molecule has 1 atom stereocenters. The largest absolute Gasteiger partial charge is 0.497 e. The third kappa shape index (κ3) is 5.40. The molecule has 4 nitrogen and oxygen atoms in total. The van der Waals surface area contributed by atoms with Crippen LogP contribution in [0.3, 0.4) is 0 Å². The molecule has 1 aromatic rings. The van der Waals surface area contributed by atoms with Gasteiger partial charge in [0.2, 0.25) is 0 Å². The van der Waals surface area contributed by atoms with E-state index in [2.05, 4.69) is 0 Å². The average Bonchev–Trinajstić information content (AvgIpc) is 2.42. The van der Waals surface area contributed by atoms with E-state index in [4.69, 9.17) is 14.2 Å². The quantitative estimate of drug-likeness (QED) is 0.741. The van der Waals surface area contributed by atoms with E-state index in [-0.39, 0.29) is 13.0 Å². The van der Waals surface area contributed by atoms with E-state index in [1.54, 1.807) is 18.2 Å². The first kappa shape index (κ1) is 15.7. The first-order valence-corrected chi connectivity index (χ1v) is 5.83. The topological polar surface area (TPSA) is 47.9 Å². The van der Waals surface area contributed by atoms with Gasteiger partial charge in [-0.1, -0.05) is 0 Å². The molecule has 0 aromatic heterocycles. The molecule has 0 spiro atoms. The predicted molar refractivity (Wildman–Crippen MR) is 65.9 cm³/mol. The summed E-state index contributed by atoms with van der Waals surface area (Å²) in [4.78, 5) is 0. The monoisotopic (exact) mass is 276 g/mol. The summed E-state index contributed by atoms with van der Waals surface area (Å²) in [5.41, 5.74) is 0.594. The maximum absolute atomic E-state index is 11.9. The minimum atomic E-state index is -2.49. The van der Waals surface area contributed by atoms with Crippen molar-refractivity contribution in [1.82, 2.24) is 0 Å². The molecule has 1 unspecified atom stereocenters. The summed E-state index contributed by atoms with van der Waals surface area (Å²) in [6.45, 7) is -0.556. The Hall–Kier alpha value is -1.40. The Morgan fingerprint density at radius 3 is 2.16 bits per heavy atom. The van der Waals surface area contributed by atoms with Crippen molar-refractivity contribution in [2.45, 2.75) is 19.0 Å². The molecule has 0 saturated heterocycles. The highest BCUT2D eigenvalue weighted by Crippen LogP contribution is 2.27. The molecular formula is C13H18F2O4. The molecule has 0 radical (unpaired) electrons. The van der Waals surface area contributed by atoms with Crippen molar-refractivity contribution in [1.29, 1.82) is 0 Å². The first-order chi connectivity index (χ1) is 9.06. The van der Waals surface area contributed by atoms with Crippen LogP contribution in [0.15, 0.2) is 18.2 Å². The molecule has 0 aliphatic rings. The average molecular weight is 276 g/mol. The fourth-order valence-corrected chi connectivity index (χ4v) is 1.56. The van der Waals surface area contributed by atoms with E-state index in [1.807, 2.05) is 0 Å². The Kier molecular flexibility index (Phi) is 6.52.